The molecule has 0 aliphatic rings. The fraction of sp³-hybridized carbons (Fsp3) is 0.714. The third-order valence-corrected chi connectivity index (χ3v) is 1.07. The van der Waals surface area contributed by atoms with Crippen LogP contribution in [0.5, 0.6) is 0 Å². The third-order valence-electron chi connectivity index (χ3n) is 1.07. The third kappa shape index (κ3) is 4.66. The fourth-order valence-electron chi connectivity index (χ4n) is 0.488. The number of rotatable bonds is 5. The van der Waals surface area contributed by atoms with E-state index in [1.165, 1.54) is 0 Å². The summed E-state index contributed by atoms with van der Waals surface area (Å²) in [5.41, 5.74) is 5.05. The summed E-state index contributed by atoms with van der Waals surface area (Å²) in [4.78, 5) is 10.7. The second kappa shape index (κ2) is 6.58. The van der Waals surface area contributed by atoms with E-state index in [-0.39, 0.29) is 6.61 Å². The Morgan fingerprint density at radius 2 is 2.33 bits per heavy atom. The van der Waals surface area contributed by atoms with E-state index in [4.69, 9.17) is 15.7 Å². The second-order valence-electron chi connectivity index (χ2n) is 1.97. The lowest BCUT2D eigenvalue weighted by Gasteiger charge is -2.04. The molecular weight excluding hydrogens is 160 g/mol. The van der Waals surface area contributed by atoms with E-state index in [2.05, 4.69) is 4.74 Å². The Morgan fingerprint density at radius 1 is 1.67 bits per heavy atom. The minimum atomic E-state index is -1.19. The van der Waals surface area contributed by atoms with Crippen molar-refractivity contribution in [3.8, 4) is 6.07 Å². The Hall–Kier alpha value is -1.12. The van der Waals surface area contributed by atoms with Crippen molar-refractivity contribution in [2.45, 2.75) is 13.0 Å². The van der Waals surface area contributed by atoms with Gasteiger partial charge in [0.2, 0.25) is 0 Å². The average molecular weight is 172 g/mol. The summed E-state index contributed by atoms with van der Waals surface area (Å²) in [6.07, 6.45) is 0. The molecule has 0 aromatic carbocycles. The predicted octanol–water partition coefficient (Wildman–Crippen LogP) is -0.583. The van der Waals surface area contributed by atoms with Gasteiger partial charge < -0.3 is 15.2 Å². The van der Waals surface area contributed by atoms with Crippen molar-refractivity contribution in [1.82, 2.24) is 0 Å². The molecule has 2 N–H and O–H groups in total. The summed E-state index contributed by atoms with van der Waals surface area (Å²) in [5, 5.41) is 8.20. The number of hydrogen-bond acceptors (Lipinski definition) is 5. The van der Waals surface area contributed by atoms with Gasteiger partial charge in [0.05, 0.1) is 12.7 Å². The Labute approximate surface area is 71.0 Å². The van der Waals surface area contributed by atoms with Gasteiger partial charge >= 0.3 is 5.97 Å². The number of nitrogens with zero attached hydrogens (tertiary/aromatic N) is 1. The summed E-state index contributed by atoms with van der Waals surface area (Å²) in [6.45, 7) is 2.88. The van der Waals surface area contributed by atoms with E-state index in [1.54, 1.807) is 6.07 Å². The monoisotopic (exact) mass is 172 g/mol. The van der Waals surface area contributed by atoms with Crippen LogP contribution in [-0.2, 0) is 14.3 Å². The van der Waals surface area contributed by atoms with Crippen LogP contribution >= 0.6 is 0 Å². The molecule has 68 valence electrons. The molecular formula is C7H12N2O3. The molecule has 0 spiro atoms. The van der Waals surface area contributed by atoms with Crippen LogP contribution in [0, 0.1) is 11.3 Å². The number of ether oxygens (including phenoxy) is 2. The predicted molar refractivity (Wildman–Crippen MR) is 41.0 cm³/mol. The van der Waals surface area contributed by atoms with Gasteiger partial charge in [-0.15, -0.1) is 0 Å². The van der Waals surface area contributed by atoms with Crippen molar-refractivity contribution in [2.24, 2.45) is 5.73 Å². The van der Waals surface area contributed by atoms with Crippen molar-refractivity contribution < 1.29 is 14.3 Å². The van der Waals surface area contributed by atoms with Crippen molar-refractivity contribution in [3.63, 3.8) is 0 Å². The minimum absolute atomic E-state index is 0.141. The van der Waals surface area contributed by atoms with E-state index >= 15 is 0 Å². The summed E-state index contributed by atoms with van der Waals surface area (Å²) >= 11 is 0. The Bertz CT molecular complexity index is 176. The molecule has 0 bridgehead atoms. The van der Waals surface area contributed by atoms with E-state index in [9.17, 15) is 4.79 Å². The maximum absolute atomic E-state index is 10.7. The van der Waals surface area contributed by atoms with Crippen LogP contribution in [0.1, 0.15) is 6.92 Å². The number of nitrogens with two attached hydrogens (primary N) is 1. The lowest BCUT2D eigenvalue weighted by molar-refractivity contribution is -0.145. The van der Waals surface area contributed by atoms with Crippen LogP contribution in [0.2, 0.25) is 0 Å². The molecule has 0 amide bonds. The van der Waals surface area contributed by atoms with Crippen molar-refractivity contribution >= 4 is 5.97 Å². The molecule has 0 aromatic heterocycles. The Morgan fingerprint density at radius 3 is 2.83 bits per heavy atom. The normalized spacial score (nSPS) is 11.8. The zero-order valence-electron chi connectivity index (χ0n) is 6.95. The first-order valence-electron chi connectivity index (χ1n) is 3.62. The molecule has 1 atom stereocenters. The quantitative estimate of drug-likeness (QED) is 0.443. The van der Waals surface area contributed by atoms with Crippen molar-refractivity contribution in [1.29, 1.82) is 5.26 Å². The second-order valence-corrected chi connectivity index (χ2v) is 1.97. The smallest absolute Gasteiger partial charge is 0.337 e. The molecule has 0 rings (SSSR count). The fourth-order valence-corrected chi connectivity index (χ4v) is 0.488. The summed E-state index contributed by atoms with van der Waals surface area (Å²) in [6, 6.07) is 0.380. The van der Waals surface area contributed by atoms with Gasteiger partial charge in [0.1, 0.15) is 6.61 Å². The van der Waals surface area contributed by atoms with E-state index in [0.717, 1.165) is 0 Å². The largest absolute Gasteiger partial charge is 0.461 e. The van der Waals surface area contributed by atoms with E-state index in [1.807, 2.05) is 6.92 Å². The molecule has 0 radical (unpaired) electrons. The van der Waals surface area contributed by atoms with Crippen LogP contribution in [-0.4, -0.2) is 31.8 Å². The van der Waals surface area contributed by atoms with Crippen LogP contribution in [0.25, 0.3) is 0 Å². The number of carbonyl (C=O) groups excluding carboxylic acids is 1. The van der Waals surface area contributed by atoms with Crippen LogP contribution in [0.3, 0.4) is 0 Å². The molecule has 0 fully saturated rings. The van der Waals surface area contributed by atoms with Gasteiger partial charge in [-0.1, -0.05) is 0 Å². The molecule has 0 saturated carbocycles. The van der Waals surface area contributed by atoms with Crippen LogP contribution < -0.4 is 5.73 Å². The lowest BCUT2D eigenvalue weighted by Crippen LogP contribution is -2.31. The molecule has 1 unspecified atom stereocenters. The van der Waals surface area contributed by atoms with Gasteiger partial charge in [0.25, 0.3) is 0 Å². The van der Waals surface area contributed by atoms with Crippen LogP contribution in [0.4, 0.5) is 0 Å². The molecule has 0 aliphatic heterocycles. The van der Waals surface area contributed by atoms with Gasteiger partial charge in [0, 0.05) is 6.61 Å². The first-order valence-corrected chi connectivity index (χ1v) is 3.62. The van der Waals surface area contributed by atoms with Gasteiger partial charge in [-0.3, -0.25) is 0 Å². The minimum Gasteiger partial charge on any atom is -0.461 e. The van der Waals surface area contributed by atoms with Gasteiger partial charge in [-0.05, 0) is 6.92 Å². The van der Waals surface area contributed by atoms with E-state index in [0.29, 0.717) is 13.2 Å². The van der Waals surface area contributed by atoms with Gasteiger partial charge in [-0.2, -0.15) is 5.26 Å². The number of nitriles is 1. The Balaban J connectivity index is 3.39. The van der Waals surface area contributed by atoms with Crippen LogP contribution in [0.15, 0.2) is 0 Å². The zero-order chi connectivity index (χ0) is 9.40. The Kier molecular flexibility index (Phi) is 5.97. The SMILES string of the molecule is CCOCCOC(=O)C(N)C#N. The maximum atomic E-state index is 10.7. The molecule has 0 aliphatic carbocycles. The summed E-state index contributed by atoms with van der Waals surface area (Å²) in [7, 11) is 0. The summed E-state index contributed by atoms with van der Waals surface area (Å²) in [5.74, 6) is -0.711. The molecule has 5 heteroatoms. The highest BCUT2D eigenvalue weighted by Crippen LogP contribution is 1.84. The summed E-state index contributed by atoms with van der Waals surface area (Å²) < 4.78 is 9.48. The van der Waals surface area contributed by atoms with Crippen molar-refractivity contribution in [2.75, 3.05) is 19.8 Å². The maximum Gasteiger partial charge on any atom is 0.337 e. The zero-order valence-corrected chi connectivity index (χ0v) is 6.95. The topological polar surface area (TPSA) is 85.3 Å². The number of carbonyl (C=O) groups is 1. The first-order chi connectivity index (χ1) is 5.72. The average Bonchev–Trinajstić information content (AvgIpc) is 2.10. The van der Waals surface area contributed by atoms with Gasteiger partial charge in [0.15, 0.2) is 6.04 Å². The van der Waals surface area contributed by atoms with Gasteiger partial charge in [-0.25, -0.2) is 4.79 Å². The lowest BCUT2D eigenvalue weighted by atomic mass is 10.4. The van der Waals surface area contributed by atoms with Crippen molar-refractivity contribution in [3.05, 3.63) is 0 Å². The molecule has 12 heavy (non-hydrogen) atoms. The highest BCUT2D eigenvalue weighted by Gasteiger charge is 2.12. The number of hydrogen-bond donors (Lipinski definition) is 1. The highest BCUT2D eigenvalue weighted by molar-refractivity contribution is 5.78. The number of esters is 1. The highest BCUT2D eigenvalue weighted by atomic mass is 16.6. The molecule has 0 saturated heterocycles. The molecule has 0 aromatic rings. The first kappa shape index (κ1) is 10.9. The molecule has 0 heterocycles. The van der Waals surface area contributed by atoms with E-state index < -0.39 is 12.0 Å². The standard InChI is InChI=1S/C7H12N2O3/c1-2-11-3-4-12-7(10)6(9)5-8/h6H,2-4,9H2,1H3. The molecule has 5 nitrogen and oxygen atoms in total.